The lowest BCUT2D eigenvalue weighted by molar-refractivity contribution is -0.385. The standard InChI is InChI=1S/C14H13N3O5S/c1-22-11-7-10(17(20)21)8(6-12(11)23-2)13(18)16-9-4-3-5-15-14(9)19/h3-7H,1-2H3,(H,15,19)(H,16,18). The molecule has 0 saturated heterocycles. The van der Waals surface area contributed by atoms with Gasteiger partial charge in [-0.2, -0.15) is 0 Å². The third-order valence-electron chi connectivity index (χ3n) is 3.01. The van der Waals surface area contributed by atoms with Crippen LogP contribution in [0.1, 0.15) is 10.4 Å². The van der Waals surface area contributed by atoms with E-state index in [1.165, 1.54) is 49.3 Å². The molecule has 1 aromatic heterocycles. The van der Waals surface area contributed by atoms with Crippen molar-refractivity contribution in [3.63, 3.8) is 0 Å². The highest BCUT2D eigenvalue weighted by molar-refractivity contribution is 7.98. The number of nitro groups is 1. The van der Waals surface area contributed by atoms with Gasteiger partial charge < -0.3 is 15.0 Å². The number of pyridine rings is 1. The Morgan fingerprint density at radius 3 is 2.74 bits per heavy atom. The number of ether oxygens (including phenoxy) is 1. The molecule has 0 unspecified atom stereocenters. The number of hydrogen-bond acceptors (Lipinski definition) is 6. The smallest absolute Gasteiger partial charge is 0.285 e. The number of H-pyrrole nitrogens is 1. The zero-order valence-corrected chi connectivity index (χ0v) is 13.1. The summed E-state index contributed by atoms with van der Waals surface area (Å²) in [5.41, 5.74) is -1.04. The number of aromatic nitrogens is 1. The fourth-order valence-corrected chi connectivity index (χ4v) is 2.49. The monoisotopic (exact) mass is 335 g/mol. The number of rotatable bonds is 5. The Kier molecular flexibility index (Phi) is 5.02. The van der Waals surface area contributed by atoms with Gasteiger partial charge in [0.1, 0.15) is 17.0 Å². The maximum absolute atomic E-state index is 12.3. The van der Waals surface area contributed by atoms with Crippen molar-refractivity contribution in [1.29, 1.82) is 0 Å². The van der Waals surface area contributed by atoms with Gasteiger partial charge in [0.2, 0.25) is 0 Å². The molecular formula is C14H13N3O5S. The van der Waals surface area contributed by atoms with Crippen LogP contribution in [0.2, 0.25) is 0 Å². The zero-order valence-electron chi connectivity index (χ0n) is 12.3. The van der Waals surface area contributed by atoms with Gasteiger partial charge >= 0.3 is 0 Å². The molecule has 1 amide bonds. The second-order valence-corrected chi connectivity index (χ2v) is 5.20. The fraction of sp³-hybridized carbons (Fsp3) is 0.143. The summed E-state index contributed by atoms with van der Waals surface area (Å²) >= 11 is 1.29. The Balaban J connectivity index is 2.48. The Morgan fingerprint density at radius 2 is 2.17 bits per heavy atom. The van der Waals surface area contributed by atoms with E-state index < -0.39 is 22.1 Å². The molecule has 2 N–H and O–H groups in total. The molecule has 120 valence electrons. The van der Waals surface area contributed by atoms with Crippen LogP contribution in [0.15, 0.2) is 40.2 Å². The van der Waals surface area contributed by atoms with Crippen LogP contribution in [0.4, 0.5) is 11.4 Å². The molecular weight excluding hydrogens is 322 g/mol. The number of nitrogens with zero attached hydrogens (tertiary/aromatic N) is 1. The minimum Gasteiger partial charge on any atom is -0.495 e. The zero-order chi connectivity index (χ0) is 17.0. The van der Waals surface area contributed by atoms with Crippen LogP contribution in [0.3, 0.4) is 0 Å². The number of hydrogen-bond donors (Lipinski definition) is 2. The highest BCUT2D eigenvalue weighted by Gasteiger charge is 2.24. The summed E-state index contributed by atoms with van der Waals surface area (Å²) in [5, 5.41) is 13.6. The number of benzene rings is 1. The van der Waals surface area contributed by atoms with E-state index in [2.05, 4.69) is 10.3 Å². The molecule has 0 bridgehead atoms. The molecule has 0 atom stereocenters. The van der Waals surface area contributed by atoms with Crippen LogP contribution in [0.5, 0.6) is 5.75 Å². The van der Waals surface area contributed by atoms with Gasteiger partial charge in [0, 0.05) is 6.20 Å². The maximum Gasteiger partial charge on any atom is 0.285 e. The largest absolute Gasteiger partial charge is 0.495 e. The number of nitrogens with one attached hydrogen (secondary N) is 2. The van der Waals surface area contributed by atoms with Crippen LogP contribution in [-0.2, 0) is 0 Å². The number of anilines is 1. The molecule has 0 spiro atoms. The predicted molar refractivity (Wildman–Crippen MR) is 86.4 cm³/mol. The first kappa shape index (κ1) is 16.6. The van der Waals surface area contributed by atoms with E-state index in [1.807, 2.05) is 0 Å². The molecule has 1 heterocycles. The lowest BCUT2D eigenvalue weighted by atomic mass is 10.1. The molecule has 1 aromatic carbocycles. The Bertz CT molecular complexity index is 818. The Morgan fingerprint density at radius 1 is 1.43 bits per heavy atom. The highest BCUT2D eigenvalue weighted by atomic mass is 32.2. The van der Waals surface area contributed by atoms with Crippen molar-refractivity contribution in [2.24, 2.45) is 0 Å². The van der Waals surface area contributed by atoms with E-state index in [9.17, 15) is 19.7 Å². The number of methoxy groups -OCH3 is 1. The van der Waals surface area contributed by atoms with Crippen molar-refractivity contribution in [2.75, 3.05) is 18.7 Å². The third kappa shape index (κ3) is 3.51. The molecule has 2 rings (SSSR count). The molecule has 9 heteroatoms. The van der Waals surface area contributed by atoms with Crippen molar-refractivity contribution < 1.29 is 14.5 Å². The number of carbonyl (C=O) groups is 1. The average Bonchev–Trinajstić information content (AvgIpc) is 2.55. The molecule has 0 aliphatic rings. The minimum atomic E-state index is -0.744. The summed E-state index contributed by atoms with van der Waals surface area (Å²) in [4.78, 5) is 37.5. The summed E-state index contributed by atoms with van der Waals surface area (Å²) < 4.78 is 5.09. The van der Waals surface area contributed by atoms with Crippen molar-refractivity contribution in [1.82, 2.24) is 4.98 Å². The molecule has 0 aliphatic carbocycles. The Labute approximate surface area is 135 Å². The summed E-state index contributed by atoms with van der Waals surface area (Å²) in [6.07, 6.45) is 3.17. The van der Waals surface area contributed by atoms with E-state index in [0.717, 1.165) is 0 Å². The highest BCUT2D eigenvalue weighted by Crippen LogP contribution is 2.34. The second-order valence-electron chi connectivity index (χ2n) is 4.35. The van der Waals surface area contributed by atoms with E-state index >= 15 is 0 Å². The average molecular weight is 335 g/mol. The number of thioether (sulfide) groups is 1. The van der Waals surface area contributed by atoms with Gasteiger partial charge in [-0.15, -0.1) is 11.8 Å². The molecule has 2 aromatic rings. The molecule has 0 aliphatic heterocycles. The first-order valence-electron chi connectivity index (χ1n) is 6.37. The number of carbonyl (C=O) groups excluding carboxylic acids is 1. The quantitative estimate of drug-likeness (QED) is 0.492. The second kappa shape index (κ2) is 6.97. The summed E-state index contributed by atoms with van der Waals surface area (Å²) in [6.45, 7) is 0. The lowest BCUT2D eigenvalue weighted by Gasteiger charge is -2.10. The van der Waals surface area contributed by atoms with Crippen molar-refractivity contribution in [3.8, 4) is 5.75 Å². The van der Waals surface area contributed by atoms with Crippen molar-refractivity contribution in [2.45, 2.75) is 4.90 Å². The molecule has 23 heavy (non-hydrogen) atoms. The third-order valence-corrected chi connectivity index (χ3v) is 3.77. The first-order valence-corrected chi connectivity index (χ1v) is 7.60. The van der Waals surface area contributed by atoms with Crippen LogP contribution >= 0.6 is 11.8 Å². The van der Waals surface area contributed by atoms with Crippen molar-refractivity contribution >= 4 is 29.0 Å². The van der Waals surface area contributed by atoms with Gasteiger partial charge in [-0.05, 0) is 24.5 Å². The van der Waals surface area contributed by atoms with Gasteiger partial charge in [0.05, 0.1) is 23.0 Å². The SMILES string of the molecule is COc1cc([N+](=O)[O-])c(C(=O)Nc2ccc[nH]c2=O)cc1SC. The molecule has 0 saturated carbocycles. The molecule has 0 radical (unpaired) electrons. The lowest BCUT2D eigenvalue weighted by Crippen LogP contribution is -2.20. The van der Waals surface area contributed by atoms with Crippen LogP contribution < -0.4 is 15.6 Å². The Hall–Kier alpha value is -2.81. The number of amides is 1. The summed E-state index contributed by atoms with van der Waals surface area (Å²) in [6, 6.07) is 5.50. The maximum atomic E-state index is 12.3. The van der Waals surface area contributed by atoms with Gasteiger partial charge in [0.15, 0.2) is 0 Å². The van der Waals surface area contributed by atoms with Crippen LogP contribution in [0, 0.1) is 10.1 Å². The van der Waals surface area contributed by atoms with Crippen molar-refractivity contribution in [3.05, 3.63) is 56.5 Å². The topological polar surface area (TPSA) is 114 Å². The van der Waals surface area contributed by atoms with Crippen LogP contribution in [-0.4, -0.2) is 29.2 Å². The van der Waals surface area contributed by atoms with Gasteiger partial charge in [-0.3, -0.25) is 19.7 Å². The van der Waals surface area contributed by atoms with Gasteiger partial charge in [-0.25, -0.2) is 0 Å². The molecule has 0 fully saturated rings. The first-order chi connectivity index (χ1) is 11.0. The number of nitro benzene ring substituents is 1. The molecule has 8 nitrogen and oxygen atoms in total. The number of aromatic amines is 1. The summed E-state index contributed by atoms with van der Waals surface area (Å²) in [7, 11) is 1.39. The predicted octanol–water partition coefficient (Wildman–Crippen LogP) is 2.27. The van der Waals surface area contributed by atoms with E-state index in [1.54, 1.807) is 6.26 Å². The van der Waals surface area contributed by atoms with E-state index in [-0.39, 0.29) is 11.3 Å². The van der Waals surface area contributed by atoms with E-state index in [4.69, 9.17) is 4.74 Å². The van der Waals surface area contributed by atoms with Gasteiger partial charge in [0.25, 0.3) is 17.2 Å². The minimum absolute atomic E-state index is 0.00770. The van der Waals surface area contributed by atoms with Gasteiger partial charge in [-0.1, -0.05) is 0 Å². The van der Waals surface area contributed by atoms with E-state index in [0.29, 0.717) is 10.6 Å². The summed E-state index contributed by atoms with van der Waals surface area (Å²) in [5.74, 6) is -0.440. The van der Waals surface area contributed by atoms with Crippen LogP contribution in [0.25, 0.3) is 0 Å². The normalized spacial score (nSPS) is 10.2. The fourth-order valence-electron chi connectivity index (χ4n) is 1.91.